The van der Waals surface area contributed by atoms with Crippen LogP contribution in [0.5, 0.6) is 0 Å². The van der Waals surface area contributed by atoms with Gasteiger partial charge in [0.05, 0.1) is 24.5 Å². The molecule has 0 radical (unpaired) electrons. The highest BCUT2D eigenvalue weighted by Gasteiger charge is 2.35. The number of halogens is 1. The van der Waals surface area contributed by atoms with Gasteiger partial charge in [-0.1, -0.05) is 12.1 Å². The van der Waals surface area contributed by atoms with Crippen LogP contribution in [0.3, 0.4) is 0 Å². The van der Waals surface area contributed by atoms with Crippen LogP contribution >= 0.6 is 0 Å². The van der Waals surface area contributed by atoms with Gasteiger partial charge in [0.15, 0.2) is 5.82 Å². The molecule has 1 atom stereocenters. The normalized spacial score (nSPS) is 16.9. The number of nitrogens with one attached hydrogen (secondary N) is 1. The van der Waals surface area contributed by atoms with Crippen molar-refractivity contribution in [1.29, 1.82) is 0 Å². The fraction of sp³-hybridized carbons (Fsp3) is 0.320. The summed E-state index contributed by atoms with van der Waals surface area (Å²) in [7, 11) is 1.57. The summed E-state index contributed by atoms with van der Waals surface area (Å²) in [6, 6.07) is 6.16. The minimum atomic E-state index is -2.47. The van der Waals surface area contributed by atoms with E-state index in [-0.39, 0.29) is 41.9 Å². The molecule has 0 aliphatic carbocycles. The summed E-state index contributed by atoms with van der Waals surface area (Å²) in [4.78, 5) is 28.7. The Kier molecular flexibility index (Phi) is 5.31. The third-order valence-corrected chi connectivity index (χ3v) is 6.12. The number of ether oxygens (including phenoxy) is 1. The van der Waals surface area contributed by atoms with E-state index < -0.39 is 6.98 Å². The van der Waals surface area contributed by atoms with Crippen molar-refractivity contribution in [2.45, 2.75) is 33.0 Å². The molecule has 1 aliphatic heterocycles. The number of aryl methyl sites for hydroxylation is 3. The number of methoxy groups -OCH3 is 1. The van der Waals surface area contributed by atoms with Gasteiger partial charge in [0, 0.05) is 49.7 Å². The molecule has 0 saturated carbocycles. The standard InChI is InChI=1S/C25H27FN8O2/c1-15-5-6-17(9-19(15)26)11-34-18(14-36-4)12-33-13-20(29-23(33)24(34)35)22-16(2)10-27-25(31-22)30-21-7-8-28-32(21)3/h5-10,13,18H,11-12,14H2,1-4H3,(H,27,30,31)/t18-/m0/s1/i3D3. The number of hydrogen-bond donors (Lipinski definition) is 1. The van der Waals surface area contributed by atoms with Gasteiger partial charge in [0.2, 0.25) is 5.95 Å². The van der Waals surface area contributed by atoms with Crippen LogP contribution < -0.4 is 5.32 Å². The SMILES string of the molecule is [2H]C([2H])([2H])n1nccc1Nc1ncc(C)c(-c2cn3c(n2)C(=O)N(Cc2ccc(C)c(F)c2)[C@H](COC)C3)n1. The number of anilines is 2. The number of carbonyl (C=O) groups excluding carboxylic acids is 1. The van der Waals surface area contributed by atoms with Crippen LogP contribution in [0.25, 0.3) is 11.4 Å². The average Bonchev–Trinajstić information content (AvgIpc) is 3.52. The van der Waals surface area contributed by atoms with E-state index in [2.05, 4.69) is 25.4 Å². The van der Waals surface area contributed by atoms with Crippen LogP contribution in [0, 0.1) is 19.7 Å². The van der Waals surface area contributed by atoms with Crippen LogP contribution in [0.1, 0.15) is 31.4 Å². The molecular formula is C25H27FN8O2. The molecule has 10 nitrogen and oxygen atoms in total. The fourth-order valence-electron chi connectivity index (χ4n) is 4.20. The van der Waals surface area contributed by atoms with Crippen LogP contribution in [0.15, 0.2) is 42.9 Å². The summed E-state index contributed by atoms with van der Waals surface area (Å²) in [5.74, 6) is -0.0383. The number of rotatable bonds is 7. The zero-order chi connectivity index (χ0) is 27.9. The third-order valence-electron chi connectivity index (χ3n) is 6.12. The first-order valence-electron chi connectivity index (χ1n) is 12.8. The van der Waals surface area contributed by atoms with E-state index in [4.69, 9.17) is 8.85 Å². The summed E-state index contributed by atoms with van der Waals surface area (Å²) in [5, 5.41) is 6.74. The fourth-order valence-corrected chi connectivity index (χ4v) is 4.20. The van der Waals surface area contributed by atoms with Crippen LogP contribution in [-0.2, 0) is 24.8 Å². The Morgan fingerprint density at radius 2 is 2.11 bits per heavy atom. The number of aromatic nitrogens is 6. The second-order valence-electron chi connectivity index (χ2n) is 8.71. The maximum absolute atomic E-state index is 14.2. The predicted octanol–water partition coefficient (Wildman–Crippen LogP) is 3.24. The predicted molar refractivity (Wildman–Crippen MR) is 131 cm³/mol. The Morgan fingerprint density at radius 1 is 1.25 bits per heavy atom. The van der Waals surface area contributed by atoms with Crippen molar-refractivity contribution >= 4 is 17.7 Å². The van der Waals surface area contributed by atoms with Gasteiger partial charge >= 0.3 is 0 Å². The van der Waals surface area contributed by atoms with Gasteiger partial charge in [-0.2, -0.15) is 5.10 Å². The third kappa shape index (κ3) is 4.44. The molecule has 4 heterocycles. The quantitative estimate of drug-likeness (QED) is 0.422. The van der Waals surface area contributed by atoms with E-state index in [0.717, 1.165) is 4.68 Å². The zero-order valence-electron chi connectivity index (χ0n) is 23.1. The van der Waals surface area contributed by atoms with E-state index in [0.29, 0.717) is 41.2 Å². The first-order valence-corrected chi connectivity index (χ1v) is 11.3. The molecule has 0 bridgehead atoms. The molecule has 0 saturated heterocycles. The summed E-state index contributed by atoms with van der Waals surface area (Å²) in [6.45, 7) is 1.98. The van der Waals surface area contributed by atoms with E-state index >= 15 is 0 Å². The van der Waals surface area contributed by atoms with Crippen molar-refractivity contribution in [3.63, 3.8) is 0 Å². The zero-order valence-corrected chi connectivity index (χ0v) is 20.1. The van der Waals surface area contributed by atoms with E-state index in [1.54, 1.807) is 48.0 Å². The minimum Gasteiger partial charge on any atom is -0.382 e. The van der Waals surface area contributed by atoms with Gasteiger partial charge in [-0.05, 0) is 36.6 Å². The summed E-state index contributed by atoms with van der Waals surface area (Å²) < 4.78 is 45.1. The lowest BCUT2D eigenvalue weighted by atomic mass is 10.1. The molecule has 1 amide bonds. The molecule has 0 spiro atoms. The number of carbonyl (C=O) groups is 1. The lowest BCUT2D eigenvalue weighted by Crippen LogP contribution is -2.49. The van der Waals surface area contributed by atoms with Crippen molar-refractivity contribution in [2.75, 3.05) is 19.0 Å². The van der Waals surface area contributed by atoms with Gasteiger partial charge in [0.25, 0.3) is 5.91 Å². The smallest absolute Gasteiger partial charge is 0.290 e. The maximum Gasteiger partial charge on any atom is 0.290 e. The lowest BCUT2D eigenvalue weighted by Gasteiger charge is -2.35. The second-order valence-corrected chi connectivity index (χ2v) is 8.71. The van der Waals surface area contributed by atoms with Crippen molar-refractivity contribution < 1.29 is 18.0 Å². The molecular weight excluding hydrogens is 463 g/mol. The van der Waals surface area contributed by atoms with Gasteiger partial charge in [-0.25, -0.2) is 19.3 Å². The second kappa shape index (κ2) is 9.50. The number of nitrogens with zero attached hydrogens (tertiary/aromatic N) is 7. The first-order chi connectivity index (χ1) is 18.5. The molecule has 11 heteroatoms. The first kappa shape index (κ1) is 20.1. The van der Waals surface area contributed by atoms with Crippen molar-refractivity contribution in [3.8, 4) is 11.4 Å². The van der Waals surface area contributed by atoms with Crippen molar-refractivity contribution in [3.05, 3.63) is 71.2 Å². The largest absolute Gasteiger partial charge is 0.382 e. The number of fused-ring (bicyclic) bond motifs is 1. The Labute approximate surface area is 212 Å². The van der Waals surface area contributed by atoms with Gasteiger partial charge < -0.3 is 19.5 Å². The molecule has 1 aliphatic rings. The topological polar surface area (TPSA) is 103 Å². The van der Waals surface area contributed by atoms with Crippen LogP contribution in [0.2, 0.25) is 0 Å². The number of imidazole rings is 1. The van der Waals surface area contributed by atoms with Gasteiger partial charge in [0.1, 0.15) is 17.3 Å². The maximum atomic E-state index is 14.2. The summed E-state index contributed by atoms with van der Waals surface area (Å²) in [5.41, 5.74) is 2.87. The lowest BCUT2D eigenvalue weighted by molar-refractivity contribution is 0.0380. The molecule has 3 aromatic heterocycles. The minimum absolute atomic E-state index is 0.152. The molecule has 1 aromatic carbocycles. The molecule has 0 fully saturated rings. The highest BCUT2D eigenvalue weighted by molar-refractivity contribution is 5.92. The molecule has 186 valence electrons. The van der Waals surface area contributed by atoms with E-state index in [9.17, 15) is 9.18 Å². The van der Waals surface area contributed by atoms with E-state index in [1.807, 2.05) is 6.92 Å². The van der Waals surface area contributed by atoms with E-state index in [1.165, 1.54) is 18.3 Å². The molecule has 5 rings (SSSR count). The van der Waals surface area contributed by atoms with Crippen LogP contribution in [-0.4, -0.2) is 59.9 Å². The monoisotopic (exact) mass is 493 g/mol. The average molecular weight is 494 g/mol. The Balaban J connectivity index is 1.45. The Bertz CT molecular complexity index is 1530. The van der Waals surface area contributed by atoms with Crippen molar-refractivity contribution in [1.82, 2.24) is 34.2 Å². The van der Waals surface area contributed by atoms with Gasteiger partial charge in [-0.15, -0.1) is 0 Å². The highest BCUT2D eigenvalue weighted by Crippen LogP contribution is 2.27. The molecule has 0 unspecified atom stereocenters. The Hall–Kier alpha value is -4.12. The number of amides is 1. The van der Waals surface area contributed by atoms with Gasteiger partial charge in [-0.3, -0.25) is 9.48 Å². The molecule has 4 aromatic rings. The molecule has 1 N–H and O–H groups in total. The number of benzene rings is 1. The molecule has 36 heavy (non-hydrogen) atoms. The highest BCUT2D eigenvalue weighted by atomic mass is 19.1. The van der Waals surface area contributed by atoms with Crippen molar-refractivity contribution in [2.24, 2.45) is 6.98 Å². The summed E-state index contributed by atoms with van der Waals surface area (Å²) >= 11 is 0. The summed E-state index contributed by atoms with van der Waals surface area (Å²) in [6.07, 6.45) is 4.71. The number of hydrogen-bond acceptors (Lipinski definition) is 7. The van der Waals surface area contributed by atoms with Crippen LogP contribution in [0.4, 0.5) is 16.2 Å². The Morgan fingerprint density at radius 3 is 2.89 bits per heavy atom.